The zero-order valence-corrected chi connectivity index (χ0v) is 11.1. The fourth-order valence-electron chi connectivity index (χ4n) is 1.74. The molecular formula is C15H14F2OS. The van der Waals surface area contributed by atoms with Gasteiger partial charge in [0.25, 0.3) is 0 Å². The maximum absolute atomic E-state index is 13.9. The van der Waals surface area contributed by atoms with Crippen LogP contribution in [0.5, 0.6) is 0 Å². The van der Waals surface area contributed by atoms with E-state index in [0.29, 0.717) is 0 Å². The van der Waals surface area contributed by atoms with E-state index >= 15 is 0 Å². The molecule has 0 saturated carbocycles. The molecule has 0 N–H and O–H groups in total. The van der Waals surface area contributed by atoms with Crippen LogP contribution in [0.2, 0.25) is 0 Å². The van der Waals surface area contributed by atoms with Crippen LogP contribution in [0.25, 0.3) is 0 Å². The number of alkyl halides is 2. The van der Waals surface area contributed by atoms with Crippen molar-refractivity contribution in [1.29, 1.82) is 0 Å². The fourth-order valence-corrected chi connectivity index (χ4v) is 2.78. The number of halogens is 2. The smallest absolute Gasteiger partial charge is 0.248 e. The lowest BCUT2D eigenvalue weighted by atomic mass is 10.1. The number of aryl methyl sites for hydroxylation is 1. The first kappa shape index (κ1) is 13.9. The summed E-state index contributed by atoms with van der Waals surface area (Å²) in [6.07, 6.45) is -0.203. The van der Waals surface area contributed by atoms with Gasteiger partial charge >= 0.3 is 5.25 Å². The minimum Gasteiger partial charge on any atom is -0.248 e. The van der Waals surface area contributed by atoms with E-state index in [0.717, 1.165) is 5.56 Å². The molecule has 0 bridgehead atoms. The van der Waals surface area contributed by atoms with E-state index in [1.165, 1.54) is 12.1 Å². The molecule has 0 heterocycles. The second-order valence-corrected chi connectivity index (χ2v) is 5.81. The second-order valence-electron chi connectivity index (χ2n) is 4.20. The van der Waals surface area contributed by atoms with Crippen molar-refractivity contribution in [3.63, 3.8) is 0 Å². The van der Waals surface area contributed by atoms with Gasteiger partial charge in [0.05, 0.1) is 0 Å². The predicted octanol–water partition coefficient (Wildman–Crippen LogP) is 4.02. The highest BCUT2D eigenvalue weighted by Gasteiger charge is 2.37. The summed E-state index contributed by atoms with van der Waals surface area (Å²) in [4.78, 5) is 0.167. The summed E-state index contributed by atoms with van der Waals surface area (Å²) in [5.74, 6) is 0. The van der Waals surface area contributed by atoms with Crippen LogP contribution in [0.3, 0.4) is 0 Å². The third-order valence-electron chi connectivity index (χ3n) is 2.78. The summed E-state index contributed by atoms with van der Waals surface area (Å²) in [5, 5.41) is -3.21. The predicted molar refractivity (Wildman–Crippen MR) is 72.6 cm³/mol. The van der Waals surface area contributed by atoms with Gasteiger partial charge in [0, 0.05) is 11.3 Å². The molecule has 0 amide bonds. The van der Waals surface area contributed by atoms with Crippen LogP contribution in [-0.4, -0.2) is 9.46 Å². The van der Waals surface area contributed by atoms with E-state index in [1.54, 1.807) is 30.3 Å². The van der Waals surface area contributed by atoms with E-state index in [2.05, 4.69) is 0 Å². The molecule has 2 aromatic carbocycles. The second kappa shape index (κ2) is 6.06. The standard InChI is InChI=1S/C15H14F2OS/c16-15(17,12-11-13-7-3-1-4-8-13)19(18)14-9-5-2-6-10-14/h1-10H,11-12H2. The summed E-state index contributed by atoms with van der Waals surface area (Å²) in [6.45, 7) is 0. The Bertz CT molecular complexity index is 541. The largest absolute Gasteiger partial charge is 0.325 e. The van der Waals surface area contributed by atoms with Crippen LogP contribution in [0.4, 0.5) is 8.78 Å². The fraction of sp³-hybridized carbons (Fsp3) is 0.200. The molecule has 0 radical (unpaired) electrons. The maximum Gasteiger partial charge on any atom is 0.325 e. The van der Waals surface area contributed by atoms with Crippen molar-refractivity contribution in [2.75, 3.05) is 0 Å². The van der Waals surface area contributed by atoms with E-state index in [-0.39, 0.29) is 11.3 Å². The van der Waals surface area contributed by atoms with E-state index < -0.39 is 22.5 Å². The van der Waals surface area contributed by atoms with Gasteiger partial charge in [-0.1, -0.05) is 48.5 Å². The molecule has 0 fully saturated rings. The van der Waals surface area contributed by atoms with E-state index in [1.807, 2.05) is 18.2 Å². The first-order chi connectivity index (χ1) is 9.09. The van der Waals surface area contributed by atoms with Crippen LogP contribution >= 0.6 is 0 Å². The Morgan fingerprint density at radius 2 is 1.42 bits per heavy atom. The number of hydrogen-bond acceptors (Lipinski definition) is 1. The summed E-state index contributed by atoms with van der Waals surface area (Å²) in [7, 11) is -2.30. The Morgan fingerprint density at radius 1 is 0.895 bits per heavy atom. The molecule has 0 spiro atoms. The van der Waals surface area contributed by atoms with Crippen molar-refractivity contribution >= 4 is 10.8 Å². The molecule has 2 rings (SSSR count). The van der Waals surface area contributed by atoms with Gasteiger partial charge in [-0.05, 0) is 24.1 Å². The summed E-state index contributed by atoms with van der Waals surface area (Å²) in [6, 6.07) is 16.9. The van der Waals surface area contributed by atoms with Gasteiger partial charge in [-0.3, -0.25) is 0 Å². The van der Waals surface area contributed by atoms with Crippen LogP contribution < -0.4 is 0 Å². The molecule has 19 heavy (non-hydrogen) atoms. The van der Waals surface area contributed by atoms with E-state index in [9.17, 15) is 13.0 Å². The monoisotopic (exact) mass is 280 g/mol. The zero-order valence-electron chi connectivity index (χ0n) is 10.3. The Hall–Kier alpha value is -1.55. The lowest BCUT2D eigenvalue weighted by molar-refractivity contribution is 0.0891. The summed E-state index contributed by atoms with van der Waals surface area (Å²) >= 11 is 0. The maximum atomic E-state index is 13.9. The minimum atomic E-state index is -3.21. The molecule has 100 valence electrons. The number of benzene rings is 2. The molecule has 1 unspecified atom stereocenters. The van der Waals surface area contributed by atoms with Crippen molar-refractivity contribution in [3.8, 4) is 0 Å². The van der Waals surface area contributed by atoms with Gasteiger partial charge in [0.15, 0.2) is 0 Å². The Labute approximate surface area is 113 Å². The first-order valence-corrected chi connectivity index (χ1v) is 7.13. The minimum absolute atomic E-state index is 0.167. The molecule has 0 aliphatic heterocycles. The lowest BCUT2D eigenvalue weighted by Gasteiger charge is -2.15. The average Bonchev–Trinajstić information content (AvgIpc) is 2.46. The van der Waals surface area contributed by atoms with Gasteiger partial charge in [0.2, 0.25) is 0 Å². The molecule has 0 aromatic heterocycles. The van der Waals surface area contributed by atoms with Gasteiger partial charge in [-0.15, -0.1) is 0 Å². The molecule has 0 aliphatic carbocycles. The highest BCUT2D eigenvalue weighted by Crippen LogP contribution is 2.29. The van der Waals surface area contributed by atoms with Crippen molar-refractivity contribution in [2.45, 2.75) is 23.0 Å². The number of rotatable bonds is 5. The molecule has 0 aliphatic rings. The zero-order chi connectivity index (χ0) is 13.7. The molecule has 0 saturated heterocycles. The third-order valence-corrected chi connectivity index (χ3v) is 4.22. The van der Waals surface area contributed by atoms with E-state index in [4.69, 9.17) is 0 Å². The van der Waals surface area contributed by atoms with Gasteiger partial charge in [-0.25, -0.2) is 4.21 Å². The Kier molecular flexibility index (Phi) is 4.43. The van der Waals surface area contributed by atoms with Gasteiger partial charge in [-0.2, -0.15) is 8.78 Å². The molecule has 1 nitrogen and oxygen atoms in total. The topological polar surface area (TPSA) is 17.1 Å². The quantitative estimate of drug-likeness (QED) is 0.808. The highest BCUT2D eigenvalue weighted by atomic mass is 32.2. The Balaban J connectivity index is 2.04. The summed E-state index contributed by atoms with van der Waals surface area (Å²) in [5.41, 5.74) is 0.826. The van der Waals surface area contributed by atoms with Crippen LogP contribution in [0, 0.1) is 0 Å². The molecule has 4 heteroatoms. The molecule has 1 atom stereocenters. The van der Waals surface area contributed by atoms with Crippen molar-refractivity contribution in [2.24, 2.45) is 0 Å². The normalized spacial score (nSPS) is 13.2. The number of hydrogen-bond donors (Lipinski definition) is 0. The SMILES string of the molecule is O=S(c1ccccc1)C(F)(F)CCc1ccccc1. The van der Waals surface area contributed by atoms with Crippen LogP contribution in [0.1, 0.15) is 12.0 Å². The van der Waals surface area contributed by atoms with Crippen LogP contribution in [0.15, 0.2) is 65.6 Å². The molecule has 2 aromatic rings. The highest BCUT2D eigenvalue weighted by molar-refractivity contribution is 7.86. The van der Waals surface area contributed by atoms with Gasteiger partial charge < -0.3 is 0 Å². The van der Waals surface area contributed by atoms with Gasteiger partial charge in [0.1, 0.15) is 10.8 Å². The average molecular weight is 280 g/mol. The Morgan fingerprint density at radius 3 is 2.00 bits per heavy atom. The third kappa shape index (κ3) is 3.70. The van der Waals surface area contributed by atoms with Crippen molar-refractivity contribution < 1.29 is 13.0 Å². The lowest BCUT2D eigenvalue weighted by Crippen LogP contribution is -2.24. The van der Waals surface area contributed by atoms with Crippen LogP contribution in [-0.2, 0) is 17.2 Å². The first-order valence-electron chi connectivity index (χ1n) is 5.98. The molecular weight excluding hydrogens is 266 g/mol. The summed E-state index contributed by atoms with van der Waals surface area (Å²) < 4.78 is 39.6. The van der Waals surface area contributed by atoms with Crippen molar-refractivity contribution in [3.05, 3.63) is 66.2 Å². The van der Waals surface area contributed by atoms with Crippen molar-refractivity contribution in [1.82, 2.24) is 0 Å².